The molecule has 1 aliphatic rings. The van der Waals surface area contributed by atoms with Crippen LogP contribution in [0.1, 0.15) is 5.56 Å². The fourth-order valence-electron chi connectivity index (χ4n) is 3.75. The predicted molar refractivity (Wildman–Crippen MR) is 131 cm³/mol. The number of amides is 1. The molecule has 0 radical (unpaired) electrons. The molecule has 0 spiro atoms. The quantitative estimate of drug-likeness (QED) is 0.278. The van der Waals surface area contributed by atoms with Gasteiger partial charge in [-0.05, 0) is 35.9 Å². The van der Waals surface area contributed by atoms with Crippen molar-refractivity contribution >= 4 is 29.0 Å². The molecular weight excluding hydrogens is 452 g/mol. The van der Waals surface area contributed by atoms with Crippen LogP contribution < -0.4 is 9.64 Å². The second-order valence-electron chi connectivity index (χ2n) is 7.86. The number of piperazine rings is 1. The SMILES string of the molecule is O=C(/C=C\c1cccc(Oc2cc([N+](=O)[O-])cc([N+](=O)[O-])c2)c1)N1CCN(c2ccccc2)CC1. The molecule has 1 saturated heterocycles. The monoisotopic (exact) mass is 474 g/mol. The summed E-state index contributed by atoms with van der Waals surface area (Å²) in [6.07, 6.45) is 3.16. The minimum Gasteiger partial charge on any atom is -0.457 e. The van der Waals surface area contributed by atoms with E-state index in [2.05, 4.69) is 17.0 Å². The largest absolute Gasteiger partial charge is 0.457 e. The van der Waals surface area contributed by atoms with Gasteiger partial charge in [0.25, 0.3) is 11.4 Å². The Hall–Kier alpha value is -4.73. The van der Waals surface area contributed by atoms with Crippen molar-refractivity contribution in [1.29, 1.82) is 0 Å². The molecule has 0 unspecified atom stereocenters. The number of nitrogens with zero attached hydrogens (tertiary/aromatic N) is 4. The van der Waals surface area contributed by atoms with E-state index in [4.69, 9.17) is 4.74 Å². The number of benzene rings is 3. The van der Waals surface area contributed by atoms with Crippen LogP contribution in [0.2, 0.25) is 0 Å². The van der Waals surface area contributed by atoms with Crippen LogP contribution in [0.5, 0.6) is 11.5 Å². The first-order valence-corrected chi connectivity index (χ1v) is 10.9. The van der Waals surface area contributed by atoms with Gasteiger partial charge in [-0.3, -0.25) is 25.0 Å². The van der Waals surface area contributed by atoms with Crippen molar-refractivity contribution in [2.24, 2.45) is 0 Å². The molecule has 10 nitrogen and oxygen atoms in total. The number of carbonyl (C=O) groups is 1. The zero-order valence-electron chi connectivity index (χ0n) is 18.6. The molecule has 10 heteroatoms. The lowest BCUT2D eigenvalue weighted by Gasteiger charge is -2.35. The number of carbonyl (C=O) groups excluding carboxylic acids is 1. The highest BCUT2D eigenvalue weighted by molar-refractivity contribution is 5.92. The fourth-order valence-corrected chi connectivity index (χ4v) is 3.75. The molecule has 0 aliphatic carbocycles. The first kappa shape index (κ1) is 23.4. The van der Waals surface area contributed by atoms with Crippen LogP contribution in [0.15, 0.2) is 78.9 Å². The number of hydrogen-bond acceptors (Lipinski definition) is 7. The number of nitro benzene ring substituents is 2. The molecule has 178 valence electrons. The number of non-ortho nitro benzene ring substituents is 2. The molecule has 3 aromatic carbocycles. The van der Waals surface area contributed by atoms with E-state index >= 15 is 0 Å². The lowest BCUT2D eigenvalue weighted by Crippen LogP contribution is -2.48. The Labute approximate surface area is 201 Å². The maximum atomic E-state index is 12.7. The third-order valence-electron chi connectivity index (χ3n) is 5.52. The number of para-hydroxylation sites is 1. The standard InChI is InChI=1S/C25H22N4O6/c30-25(27-13-11-26(12-14-27)20-6-2-1-3-7-20)10-9-19-5-4-8-23(15-19)35-24-17-21(28(31)32)16-22(18-24)29(33)34/h1-10,15-18H,11-14H2/b10-9-. The van der Waals surface area contributed by atoms with E-state index < -0.39 is 21.2 Å². The van der Waals surface area contributed by atoms with Gasteiger partial charge in [0.1, 0.15) is 11.5 Å². The van der Waals surface area contributed by atoms with Crippen molar-refractivity contribution in [3.63, 3.8) is 0 Å². The summed E-state index contributed by atoms with van der Waals surface area (Å²) in [7, 11) is 0. The minimum atomic E-state index is -0.718. The van der Waals surface area contributed by atoms with Crippen molar-refractivity contribution in [3.05, 3.63) is 105 Å². The molecular formula is C25H22N4O6. The summed E-state index contributed by atoms with van der Waals surface area (Å²) in [5, 5.41) is 22.2. The Balaban J connectivity index is 1.40. The normalized spacial score (nSPS) is 13.6. The van der Waals surface area contributed by atoms with Gasteiger partial charge < -0.3 is 14.5 Å². The Morgan fingerprint density at radius 3 is 2.09 bits per heavy atom. The molecule has 35 heavy (non-hydrogen) atoms. The lowest BCUT2D eigenvalue weighted by molar-refractivity contribution is -0.394. The number of hydrogen-bond donors (Lipinski definition) is 0. The Morgan fingerprint density at radius 1 is 0.800 bits per heavy atom. The van der Waals surface area contributed by atoms with Gasteiger partial charge in [0.15, 0.2) is 0 Å². The van der Waals surface area contributed by atoms with Gasteiger partial charge in [-0.25, -0.2) is 0 Å². The van der Waals surface area contributed by atoms with Crippen LogP contribution in [-0.4, -0.2) is 46.8 Å². The number of anilines is 1. The zero-order chi connectivity index (χ0) is 24.8. The van der Waals surface area contributed by atoms with E-state index in [1.165, 1.54) is 6.08 Å². The van der Waals surface area contributed by atoms with E-state index in [0.717, 1.165) is 37.0 Å². The molecule has 1 heterocycles. The maximum absolute atomic E-state index is 12.7. The summed E-state index contributed by atoms with van der Waals surface area (Å²) >= 11 is 0. The summed E-state index contributed by atoms with van der Waals surface area (Å²) < 4.78 is 5.63. The number of rotatable bonds is 7. The van der Waals surface area contributed by atoms with Crippen molar-refractivity contribution < 1.29 is 19.4 Å². The highest BCUT2D eigenvalue weighted by Gasteiger charge is 2.20. The van der Waals surface area contributed by atoms with Gasteiger partial charge in [0.2, 0.25) is 5.91 Å². The van der Waals surface area contributed by atoms with Gasteiger partial charge in [-0.1, -0.05) is 30.3 Å². The molecule has 1 aliphatic heterocycles. The second-order valence-corrected chi connectivity index (χ2v) is 7.86. The number of nitro groups is 2. The van der Waals surface area contributed by atoms with Crippen molar-refractivity contribution in [1.82, 2.24) is 4.90 Å². The van der Waals surface area contributed by atoms with Gasteiger partial charge in [-0.15, -0.1) is 0 Å². The highest BCUT2D eigenvalue weighted by atomic mass is 16.6. The van der Waals surface area contributed by atoms with Gasteiger partial charge in [0.05, 0.1) is 28.0 Å². The fraction of sp³-hybridized carbons (Fsp3) is 0.160. The van der Waals surface area contributed by atoms with Crippen molar-refractivity contribution in [2.75, 3.05) is 31.1 Å². The maximum Gasteiger partial charge on any atom is 0.280 e. The molecule has 0 bridgehead atoms. The van der Waals surface area contributed by atoms with E-state index in [-0.39, 0.29) is 11.7 Å². The van der Waals surface area contributed by atoms with Crippen LogP contribution in [0, 0.1) is 20.2 Å². The Bertz CT molecular complexity index is 1240. The van der Waals surface area contributed by atoms with Crippen LogP contribution in [0.4, 0.5) is 17.1 Å². The van der Waals surface area contributed by atoms with E-state index in [9.17, 15) is 25.0 Å². The van der Waals surface area contributed by atoms with E-state index in [1.807, 2.05) is 18.2 Å². The predicted octanol–water partition coefficient (Wildman–Crippen LogP) is 4.66. The van der Waals surface area contributed by atoms with Gasteiger partial charge >= 0.3 is 0 Å². The topological polar surface area (TPSA) is 119 Å². The summed E-state index contributed by atoms with van der Waals surface area (Å²) in [5.74, 6) is 0.198. The molecule has 0 atom stereocenters. The average molecular weight is 474 g/mol. The Kier molecular flexibility index (Phi) is 7.01. The lowest BCUT2D eigenvalue weighted by atomic mass is 10.2. The molecule has 1 fully saturated rings. The third-order valence-corrected chi connectivity index (χ3v) is 5.52. The summed E-state index contributed by atoms with van der Waals surface area (Å²) in [5.41, 5.74) is 0.936. The van der Waals surface area contributed by atoms with Crippen LogP contribution in [0.25, 0.3) is 6.08 Å². The summed E-state index contributed by atoms with van der Waals surface area (Å²) in [6.45, 7) is 2.74. The van der Waals surface area contributed by atoms with Crippen molar-refractivity contribution in [2.45, 2.75) is 0 Å². The number of ether oxygens (including phenoxy) is 1. The first-order valence-electron chi connectivity index (χ1n) is 10.9. The molecule has 0 saturated carbocycles. The molecule has 3 aromatic rings. The van der Waals surface area contributed by atoms with Gasteiger partial charge in [-0.2, -0.15) is 0 Å². The van der Waals surface area contributed by atoms with E-state index in [1.54, 1.807) is 35.2 Å². The molecule has 4 rings (SSSR count). The average Bonchev–Trinajstić information content (AvgIpc) is 2.88. The zero-order valence-corrected chi connectivity index (χ0v) is 18.6. The smallest absolute Gasteiger partial charge is 0.280 e. The molecule has 0 N–H and O–H groups in total. The van der Waals surface area contributed by atoms with E-state index in [0.29, 0.717) is 24.4 Å². The summed E-state index contributed by atoms with van der Waals surface area (Å²) in [4.78, 5) is 37.4. The highest BCUT2D eigenvalue weighted by Crippen LogP contribution is 2.31. The second kappa shape index (κ2) is 10.5. The molecule has 1 amide bonds. The Morgan fingerprint density at radius 2 is 1.46 bits per heavy atom. The van der Waals surface area contributed by atoms with Crippen LogP contribution in [-0.2, 0) is 4.79 Å². The van der Waals surface area contributed by atoms with Crippen LogP contribution in [0.3, 0.4) is 0 Å². The molecule has 0 aromatic heterocycles. The first-order chi connectivity index (χ1) is 16.9. The third kappa shape index (κ3) is 5.99. The van der Waals surface area contributed by atoms with Gasteiger partial charge in [0, 0.05) is 37.9 Å². The van der Waals surface area contributed by atoms with Crippen LogP contribution >= 0.6 is 0 Å². The minimum absolute atomic E-state index is 0.0283. The summed E-state index contributed by atoms with van der Waals surface area (Å²) in [6, 6.07) is 19.9. The van der Waals surface area contributed by atoms with Crippen molar-refractivity contribution in [3.8, 4) is 11.5 Å².